The lowest BCUT2D eigenvalue weighted by atomic mass is 10.2. The molecule has 0 unspecified atom stereocenters. The molecular formula is C14H17ClN2O4. The van der Waals surface area contributed by atoms with Crippen LogP contribution in [0.5, 0.6) is 5.75 Å². The Hall–Kier alpha value is -1.79. The summed E-state index contributed by atoms with van der Waals surface area (Å²) in [5.41, 5.74) is 0.519. The second kappa shape index (κ2) is 7.28. The van der Waals surface area contributed by atoms with Crippen molar-refractivity contribution in [1.29, 1.82) is 0 Å². The summed E-state index contributed by atoms with van der Waals surface area (Å²) in [5.74, 6) is 0.0512. The van der Waals surface area contributed by atoms with E-state index in [1.807, 2.05) is 0 Å². The highest BCUT2D eigenvalue weighted by molar-refractivity contribution is 6.31. The average Bonchev–Trinajstić information content (AvgIpc) is 2.47. The number of rotatable bonds is 6. The van der Waals surface area contributed by atoms with Crippen LogP contribution in [0.2, 0.25) is 5.02 Å². The molecule has 0 fully saturated rings. The van der Waals surface area contributed by atoms with E-state index >= 15 is 0 Å². The van der Waals surface area contributed by atoms with Crippen LogP contribution in [-0.4, -0.2) is 45.2 Å². The smallest absolute Gasteiger partial charge is 0.265 e. The van der Waals surface area contributed by atoms with E-state index in [1.54, 1.807) is 25.3 Å². The minimum atomic E-state index is -0.267. The highest BCUT2D eigenvalue weighted by Crippen LogP contribution is 2.34. The molecule has 0 spiro atoms. The molecule has 0 radical (unpaired) electrons. The lowest BCUT2D eigenvalue weighted by Crippen LogP contribution is -2.45. The maximum absolute atomic E-state index is 11.9. The highest BCUT2D eigenvalue weighted by atomic mass is 35.5. The van der Waals surface area contributed by atoms with E-state index in [4.69, 9.17) is 21.1 Å². The molecule has 7 heteroatoms. The Kier molecular flexibility index (Phi) is 5.41. The monoisotopic (exact) mass is 312 g/mol. The fourth-order valence-corrected chi connectivity index (χ4v) is 2.16. The van der Waals surface area contributed by atoms with Gasteiger partial charge in [-0.3, -0.25) is 14.5 Å². The molecule has 1 heterocycles. The summed E-state index contributed by atoms with van der Waals surface area (Å²) in [6, 6.07) is 4.99. The van der Waals surface area contributed by atoms with Crippen molar-refractivity contribution in [2.75, 3.05) is 38.3 Å². The van der Waals surface area contributed by atoms with Crippen LogP contribution >= 0.6 is 11.6 Å². The van der Waals surface area contributed by atoms with Crippen LogP contribution in [-0.2, 0) is 14.3 Å². The van der Waals surface area contributed by atoms with Gasteiger partial charge in [-0.15, -0.1) is 0 Å². The first-order valence-electron chi connectivity index (χ1n) is 6.60. The normalized spacial score (nSPS) is 13.6. The van der Waals surface area contributed by atoms with Gasteiger partial charge in [0.1, 0.15) is 12.3 Å². The Balaban J connectivity index is 2.01. The molecule has 1 aromatic rings. The van der Waals surface area contributed by atoms with Crippen molar-refractivity contribution in [1.82, 2.24) is 5.32 Å². The number of fused-ring (bicyclic) bond motifs is 1. The van der Waals surface area contributed by atoms with E-state index in [1.165, 1.54) is 4.90 Å². The van der Waals surface area contributed by atoms with Crippen molar-refractivity contribution in [3.05, 3.63) is 23.2 Å². The van der Waals surface area contributed by atoms with E-state index < -0.39 is 0 Å². The van der Waals surface area contributed by atoms with Gasteiger partial charge in [0, 0.05) is 25.3 Å². The Morgan fingerprint density at radius 1 is 1.52 bits per heavy atom. The number of amides is 2. The second-order valence-corrected chi connectivity index (χ2v) is 5.01. The lowest BCUT2D eigenvalue weighted by Gasteiger charge is -2.29. The molecule has 2 amide bonds. The SMILES string of the molecule is COCCCNC(=O)CN1C(=O)COc2ccc(Cl)cc21. The molecule has 0 saturated heterocycles. The fraction of sp³-hybridized carbons (Fsp3) is 0.429. The van der Waals surface area contributed by atoms with Gasteiger partial charge in [0.2, 0.25) is 5.91 Å². The van der Waals surface area contributed by atoms with Crippen molar-refractivity contribution in [3.63, 3.8) is 0 Å². The van der Waals surface area contributed by atoms with Crippen LogP contribution < -0.4 is 15.0 Å². The van der Waals surface area contributed by atoms with Gasteiger partial charge in [-0.05, 0) is 24.6 Å². The number of halogens is 1. The number of hydrogen-bond acceptors (Lipinski definition) is 4. The summed E-state index contributed by atoms with van der Waals surface area (Å²) in [5, 5.41) is 3.23. The molecule has 0 aromatic heterocycles. The van der Waals surface area contributed by atoms with Crippen molar-refractivity contribution < 1.29 is 19.1 Å². The van der Waals surface area contributed by atoms with Crippen LogP contribution in [0.25, 0.3) is 0 Å². The third kappa shape index (κ3) is 4.09. The largest absolute Gasteiger partial charge is 0.482 e. The number of carbonyl (C=O) groups is 2. The minimum absolute atomic E-state index is 0.0531. The predicted octanol–water partition coefficient (Wildman–Crippen LogP) is 1.22. The molecule has 0 aliphatic carbocycles. The van der Waals surface area contributed by atoms with Gasteiger partial charge < -0.3 is 14.8 Å². The molecule has 114 valence electrons. The fourth-order valence-electron chi connectivity index (χ4n) is 1.99. The topological polar surface area (TPSA) is 67.9 Å². The predicted molar refractivity (Wildman–Crippen MR) is 78.8 cm³/mol. The number of methoxy groups -OCH3 is 1. The zero-order valence-corrected chi connectivity index (χ0v) is 12.5. The molecular weight excluding hydrogens is 296 g/mol. The van der Waals surface area contributed by atoms with E-state index in [9.17, 15) is 9.59 Å². The zero-order chi connectivity index (χ0) is 15.2. The molecule has 21 heavy (non-hydrogen) atoms. The Morgan fingerprint density at radius 2 is 2.33 bits per heavy atom. The summed E-state index contributed by atoms with van der Waals surface area (Å²) in [6.07, 6.45) is 0.724. The van der Waals surface area contributed by atoms with Crippen LogP contribution in [0.4, 0.5) is 5.69 Å². The first-order chi connectivity index (χ1) is 10.1. The van der Waals surface area contributed by atoms with Crippen LogP contribution in [0.3, 0.4) is 0 Å². The third-order valence-corrected chi connectivity index (χ3v) is 3.25. The van der Waals surface area contributed by atoms with Crippen LogP contribution in [0, 0.1) is 0 Å². The lowest BCUT2D eigenvalue weighted by molar-refractivity contribution is -0.125. The first-order valence-corrected chi connectivity index (χ1v) is 6.98. The zero-order valence-electron chi connectivity index (χ0n) is 11.7. The van der Waals surface area contributed by atoms with Crippen molar-refractivity contribution in [2.24, 2.45) is 0 Å². The molecule has 1 aromatic carbocycles. The number of ether oxygens (including phenoxy) is 2. The Morgan fingerprint density at radius 3 is 3.10 bits per heavy atom. The second-order valence-electron chi connectivity index (χ2n) is 4.58. The number of carbonyl (C=O) groups excluding carboxylic acids is 2. The van der Waals surface area contributed by atoms with Gasteiger partial charge in [0.05, 0.1) is 5.69 Å². The van der Waals surface area contributed by atoms with E-state index in [0.29, 0.717) is 29.6 Å². The Labute approximate surface area is 128 Å². The quantitative estimate of drug-likeness (QED) is 0.802. The molecule has 1 aliphatic heterocycles. The molecule has 0 atom stereocenters. The Bertz CT molecular complexity index is 536. The minimum Gasteiger partial charge on any atom is -0.482 e. The van der Waals surface area contributed by atoms with E-state index in [0.717, 1.165) is 6.42 Å². The number of anilines is 1. The summed E-state index contributed by atoms with van der Waals surface area (Å²) < 4.78 is 10.2. The maximum Gasteiger partial charge on any atom is 0.265 e. The molecule has 1 aliphatic rings. The van der Waals surface area contributed by atoms with Gasteiger partial charge in [-0.25, -0.2) is 0 Å². The average molecular weight is 313 g/mol. The van der Waals surface area contributed by atoms with Gasteiger partial charge in [-0.1, -0.05) is 11.6 Å². The molecule has 2 rings (SSSR count). The standard InChI is InChI=1S/C14H17ClN2O4/c1-20-6-2-5-16-13(18)8-17-11-7-10(15)3-4-12(11)21-9-14(17)19/h3-4,7H,2,5-6,8-9H2,1H3,(H,16,18). The number of benzene rings is 1. The van der Waals surface area contributed by atoms with Gasteiger partial charge in [0.25, 0.3) is 5.91 Å². The number of nitrogens with one attached hydrogen (secondary N) is 1. The molecule has 1 N–H and O–H groups in total. The van der Waals surface area contributed by atoms with Gasteiger partial charge in [0.15, 0.2) is 6.61 Å². The number of hydrogen-bond donors (Lipinski definition) is 1. The maximum atomic E-state index is 11.9. The van der Waals surface area contributed by atoms with Crippen molar-refractivity contribution in [3.8, 4) is 5.75 Å². The molecule has 0 saturated carbocycles. The molecule has 0 bridgehead atoms. The summed E-state index contributed by atoms with van der Waals surface area (Å²) in [6.45, 7) is 0.955. The van der Waals surface area contributed by atoms with Crippen LogP contribution in [0.15, 0.2) is 18.2 Å². The van der Waals surface area contributed by atoms with Gasteiger partial charge >= 0.3 is 0 Å². The van der Waals surface area contributed by atoms with E-state index in [2.05, 4.69) is 5.32 Å². The summed E-state index contributed by atoms with van der Waals surface area (Å²) in [4.78, 5) is 25.2. The first kappa shape index (κ1) is 15.6. The van der Waals surface area contributed by atoms with Crippen molar-refractivity contribution >= 4 is 29.1 Å². The summed E-state index contributed by atoms with van der Waals surface area (Å²) in [7, 11) is 1.61. The third-order valence-electron chi connectivity index (χ3n) is 3.01. The van der Waals surface area contributed by atoms with Crippen molar-refractivity contribution in [2.45, 2.75) is 6.42 Å². The van der Waals surface area contributed by atoms with Gasteiger partial charge in [-0.2, -0.15) is 0 Å². The molecule has 6 nitrogen and oxygen atoms in total. The number of nitrogens with zero attached hydrogens (tertiary/aromatic N) is 1. The van der Waals surface area contributed by atoms with Crippen LogP contribution in [0.1, 0.15) is 6.42 Å². The summed E-state index contributed by atoms with van der Waals surface area (Å²) >= 11 is 5.94. The highest BCUT2D eigenvalue weighted by Gasteiger charge is 2.27. The van der Waals surface area contributed by atoms with E-state index in [-0.39, 0.29) is 25.0 Å².